The van der Waals surface area contributed by atoms with Gasteiger partial charge < -0.3 is 25.7 Å². The molecule has 0 aromatic rings. The second-order valence-corrected chi connectivity index (χ2v) is 2.48. The lowest BCUT2D eigenvalue weighted by atomic mass is 10.3. The van der Waals surface area contributed by atoms with Gasteiger partial charge in [0, 0.05) is 13.1 Å². The van der Waals surface area contributed by atoms with Crippen LogP contribution in [-0.4, -0.2) is 58.7 Å². The van der Waals surface area contributed by atoms with Crippen LogP contribution in [0.15, 0.2) is 0 Å². The van der Waals surface area contributed by atoms with E-state index in [0.29, 0.717) is 13.1 Å². The van der Waals surface area contributed by atoms with E-state index in [1.165, 1.54) is 0 Å². The number of aliphatic carboxylic acids is 2. The molecule has 0 aliphatic rings. The van der Waals surface area contributed by atoms with Crippen LogP contribution in [0.3, 0.4) is 0 Å². The highest BCUT2D eigenvalue weighted by molar-refractivity contribution is 5.75. The van der Waals surface area contributed by atoms with Crippen LogP contribution in [0.5, 0.6) is 0 Å². The summed E-state index contributed by atoms with van der Waals surface area (Å²) in [4.78, 5) is 19.3. The molecule has 0 aromatic heterocycles. The molecule has 0 radical (unpaired) electrons. The van der Waals surface area contributed by atoms with Gasteiger partial charge in [-0.05, 0) is 0 Å². The number of nitrogens with one attached hydrogen (secondary N) is 1. The summed E-state index contributed by atoms with van der Waals surface area (Å²) >= 11 is 0. The molecule has 0 bridgehead atoms. The Labute approximate surface area is 87.3 Å². The standard InChI is InChI=1S/C4H11NO2.C4H6O4/c6-3-1-5-2-4-7;5-3(6)1-2-4(7)8/h5-7H,1-4H2;1-2H2,(H,5,6)(H,7,8). The van der Waals surface area contributed by atoms with E-state index < -0.39 is 11.9 Å². The first-order chi connectivity index (χ1) is 7.04. The molecule has 0 saturated heterocycles. The fraction of sp³-hybridized carbons (Fsp3) is 0.750. The number of aliphatic hydroxyl groups excluding tert-OH is 2. The van der Waals surface area contributed by atoms with Crippen LogP contribution >= 0.6 is 0 Å². The van der Waals surface area contributed by atoms with Gasteiger partial charge in [-0.25, -0.2) is 0 Å². The first-order valence-electron chi connectivity index (χ1n) is 4.40. The lowest BCUT2D eigenvalue weighted by molar-refractivity contribution is -0.143. The number of carboxylic acid groups (broad SMARTS) is 2. The summed E-state index contributed by atoms with van der Waals surface area (Å²) in [7, 11) is 0. The van der Waals surface area contributed by atoms with E-state index in [2.05, 4.69) is 5.32 Å². The Bertz CT molecular complexity index is 155. The van der Waals surface area contributed by atoms with Crippen molar-refractivity contribution in [1.82, 2.24) is 5.32 Å². The summed E-state index contributed by atoms with van der Waals surface area (Å²) in [5, 5.41) is 34.9. The lowest BCUT2D eigenvalue weighted by Gasteiger charge is -1.94. The van der Waals surface area contributed by atoms with E-state index in [0.717, 1.165) is 0 Å². The molecular weight excluding hydrogens is 206 g/mol. The molecule has 0 aliphatic carbocycles. The molecule has 0 unspecified atom stereocenters. The molecule has 0 aromatic carbocycles. The third-order valence-corrected chi connectivity index (χ3v) is 1.13. The quantitative estimate of drug-likeness (QED) is 0.332. The second kappa shape index (κ2) is 12.8. The van der Waals surface area contributed by atoms with E-state index in [1.807, 2.05) is 0 Å². The minimum absolute atomic E-state index is 0.139. The van der Waals surface area contributed by atoms with Crippen molar-refractivity contribution < 1.29 is 30.0 Å². The molecule has 5 N–H and O–H groups in total. The van der Waals surface area contributed by atoms with Gasteiger partial charge in [0.2, 0.25) is 0 Å². The first-order valence-corrected chi connectivity index (χ1v) is 4.40. The smallest absolute Gasteiger partial charge is 0.303 e. The van der Waals surface area contributed by atoms with E-state index in [1.54, 1.807) is 0 Å². The van der Waals surface area contributed by atoms with Gasteiger partial charge in [-0.2, -0.15) is 0 Å². The highest BCUT2D eigenvalue weighted by Crippen LogP contribution is 1.86. The molecule has 0 amide bonds. The number of aliphatic hydroxyl groups is 2. The van der Waals surface area contributed by atoms with Crippen LogP contribution in [0.1, 0.15) is 12.8 Å². The van der Waals surface area contributed by atoms with E-state index in [9.17, 15) is 9.59 Å². The third-order valence-electron chi connectivity index (χ3n) is 1.13. The maximum absolute atomic E-state index is 9.64. The van der Waals surface area contributed by atoms with Crippen molar-refractivity contribution in [3.63, 3.8) is 0 Å². The predicted octanol–water partition coefficient (Wildman–Crippen LogP) is -1.50. The van der Waals surface area contributed by atoms with Crippen LogP contribution in [0.4, 0.5) is 0 Å². The van der Waals surface area contributed by atoms with E-state index >= 15 is 0 Å². The number of rotatable bonds is 7. The minimum Gasteiger partial charge on any atom is -0.481 e. The molecule has 0 heterocycles. The zero-order valence-electron chi connectivity index (χ0n) is 8.35. The van der Waals surface area contributed by atoms with E-state index in [4.69, 9.17) is 20.4 Å². The van der Waals surface area contributed by atoms with Crippen molar-refractivity contribution >= 4 is 11.9 Å². The van der Waals surface area contributed by atoms with Gasteiger partial charge in [-0.15, -0.1) is 0 Å². The zero-order valence-corrected chi connectivity index (χ0v) is 8.35. The topological polar surface area (TPSA) is 127 Å². The average Bonchev–Trinajstić information content (AvgIpc) is 2.17. The highest BCUT2D eigenvalue weighted by atomic mass is 16.4. The molecule has 90 valence electrons. The number of carboxylic acids is 2. The van der Waals surface area contributed by atoms with Gasteiger partial charge in [0.25, 0.3) is 0 Å². The zero-order chi connectivity index (χ0) is 12.1. The molecular formula is C8H17NO6. The number of carbonyl (C=O) groups is 2. The van der Waals surface area contributed by atoms with Gasteiger partial charge in [-0.3, -0.25) is 9.59 Å². The van der Waals surface area contributed by atoms with Gasteiger partial charge in [0.05, 0.1) is 26.1 Å². The van der Waals surface area contributed by atoms with Crippen LogP contribution in [0.2, 0.25) is 0 Å². The molecule has 0 atom stereocenters. The van der Waals surface area contributed by atoms with Crippen LogP contribution in [0.25, 0.3) is 0 Å². The Balaban J connectivity index is 0. The third kappa shape index (κ3) is 24.5. The van der Waals surface area contributed by atoms with Crippen molar-refractivity contribution in [3.05, 3.63) is 0 Å². The van der Waals surface area contributed by atoms with Gasteiger partial charge in [0.15, 0.2) is 0 Å². The largest absolute Gasteiger partial charge is 0.481 e. The van der Waals surface area contributed by atoms with Crippen molar-refractivity contribution in [1.29, 1.82) is 0 Å². The SMILES string of the molecule is O=C(O)CCC(=O)O.OCCNCCO. The molecule has 0 rings (SSSR count). The number of hydrogen-bond donors (Lipinski definition) is 5. The summed E-state index contributed by atoms with van der Waals surface area (Å²) in [6.45, 7) is 1.42. The Hall–Kier alpha value is -1.18. The maximum Gasteiger partial charge on any atom is 0.303 e. The van der Waals surface area contributed by atoms with E-state index in [-0.39, 0.29) is 26.1 Å². The van der Waals surface area contributed by atoms with Crippen LogP contribution in [0, 0.1) is 0 Å². The Kier molecular flexibility index (Phi) is 13.9. The Morgan fingerprint density at radius 3 is 1.40 bits per heavy atom. The Morgan fingerprint density at radius 1 is 0.867 bits per heavy atom. The minimum atomic E-state index is -1.08. The summed E-state index contributed by atoms with van der Waals surface area (Å²) in [5.74, 6) is -2.15. The summed E-state index contributed by atoms with van der Waals surface area (Å²) in [6.07, 6.45) is -0.593. The molecule has 0 spiro atoms. The van der Waals surface area contributed by atoms with Gasteiger partial charge in [-0.1, -0.05) is 0 Å². The van der Waals surface area contributed by atoms with Gasteiger partial charge >= 0.3 is 11.9 Å². The summed E-state index contributed by atoms with van der Waals surface area (Å²) in [6, 6.07) is 0. The van der Waals surface area contributed by atoms with Crippen molar-refractivity contribution in [2.45, 2.75) is 12.8 Å². The summed E-state index contributed by atoms with van der Waals surface area (Å²) < 4.78 is 0. The molecule has 0 aliphatic heterocycles. The highest BCUT2D eigenvalue weighted by Gasteiger charge is 2.00. The number of hydrogen-bond acceptors (Lipinski definition) is 5. The molecule has 0 saturated carbocycles. The van der Waals surface area contributed by atoms with Crippen molar-refractivity contribution in [2.24, 2.45) is 0 Å². The molecule has 15 heavy (non-hydrogen) atoms. The van der Waals surface area contributed by atoms with Crippen molar-refractivity contribution in [3.8, 4) is 0 Å². The summed E-state index contributed by atoms with van der Waals surface area (Å²) in [5.41, 5.74) is 0. The fourth-order valence-electron chi connectivity index (χ4n) is 0.497. The van der Waals surface area contributed by atoms with Gasteiger partial charge in [0.1, 0.15) is 0 Å². The Morgan fingerprint density at radius 2 is 1.20 bits per heavy atom. The fourth-order valence-corrected chi connectivity index (χ4v) is 0.497. The predicted molar refractivity (Wildman–Crippen MR) is 51.5 cm³/mol. The normalized spacial score (nSPS) is 8.93. The van der Waals surface area contributed by atoms with Crippen LogP contribution in [-0.2, 0) is 9.59 Å². The van der Waals surface area contributed by atoms with Crippen molar-refractivity contribution in [2.75, 3.05) is 26.3 Å². The molecule has 7 nitrogen and oxygen atoms in total. The molecule has 7 heteroatoms. The first kappa shape index (κ1) is 16.3. The lowest BCUT2D eigenvalue weighted by Crippen LogP contribution is -2.21. The maximum atomic E-state index is 9.64. The second-order valence-electron chi connectivity index (χ2n) is 2.48. The molecule has 0 fully saturated rings. The average molecular weight is 223 g/mol. The van der Waals surface area contributed by atoms with Crippen LogP contribution < -0.4 is 5.32 Å². The monoisotopic (exact) mass is 223 g/mol.